The van der Waals surface area contributed by atoms with Gasteiger partial charge in [0.1, 0.15) is 6.54 Å². The first kappa shape index (κ1) is 13.5. The number of piperazine rings is 1. The molecule has 1 aliphatic rings. The topological polar surface area (TPSA) is 60.9 Å². The monoisotopic (exact) mass is 262 g/mol. The van der Waals surface area contributed by atoms with Gasteiger partial charge in [0, 0.05) is 19.3 Å². The quantitative estimate of drug-likeness (QED) is 0.855. The zero-order valence-corrected chi connectivity index (χ0v) is 11.0. The van der Waals surface area contributed by atoms with E-state index in [1.54, 1.807) is 7.05 Å². The normalized spacial score (nSPS) is 16.1. The Bertz CT molecular complexity index is 470. The van der Waals surface area contributed by atoms with E-state index in [1.807, 2.05) is 24.3 Å². The standard InChI is InChI=1S/C14H18N2O3/c1-15-9-14(19)16(10-13(15)18)12-6-4-11(5-7-12)3-2-8-17/h4-7,17H,2-3,8-10H2,1H3. The van der Waals surface area contributed by atoms with E-state index in [1.165, 1.54) is 9.80 Å². The number of likely N-dealkylation sites (N-methyl/N-ethyl adjacent to an activating group) is 1. The van der Waals surface area contributed by atoms with Gasteiger partial charge in [-0.25, -0.2) is 0 Å². The molecule has 19 heavy (non-hydrogen) atoms. The van der Waals surface area contributed by atoms with Gasteiger partial charge in [-0.05, 0) is 30.5 Å². The van der Waals surface area contributed by atoms with E-state index in [0.29, 0.717) is 0 Å². The summed E-state index contributed by atoms with van der Waals surface area (Å²) in [6.45, 7) is 0.406. The SMILES string of the molecule is CN1CC(=O)N(c2ccc(CCCO)cc2)CC1=O. The fourth-order valence-electron chi connectivity index (χ4n) is 2.08. The van der Waals surface area contributed by atoms with Gasteiger partial charge < -0.3 is 14.9 Å². The third-order valence-electron chi connectivity index (χ3n) is 3.26. The van der Waals surface area contributed by atoms with Crippen molar-refractivity contribution in [2.75, 3.05) is 31.6 Å². The van der Waals surface area contributed by atoms with E-state index in [2.05, 4.69) is 0 Å². The number of carbonyl (C=O) groups is 2. The zero-order valence-electron chi connectivity index (χ0n) is 11.0. The van der Waals surface area contributed by atoms with Gasteiger partial charge >= 0.3 is 0 Å². The fraction of sp³-hybridized carbons (Fsp3) is 0.429. The van der Waals surface area contributed by atoms with E-state index in [-0.39, 0.29) is 31.5 Å². The molecule has 1 fully saturated rings. The van der Waals surface area contributed by atoms with E-state index >= 15 is 0 Å². The van der Waals surface area contributed by atoms with E-state index in [9.17, 15) is 9.59 Å². The molecule has 0 aliphatic carbocycles. The minimum Gasteiger partial charge on any atom is -0.396 e. The van der Waals surface area contributed by atoms with E-state index < -0.39 is 0 Å². The summed E-state index contributed by atoms with van der Waals surface area (Å²) in [7, 11) is 1.63. The third kappa shape index (κ3) is 3.12. The Labute approximate surface area is 112 Å². The van der Waals surface area contributed by atoms with Gasteiger partial charge in [0.25, 0.3) is 0 Å². The number of anilines is 1. The molecule has 5 heteroatoms. The number of nitrogens with zero attached hydrogens (tertiary/aromatic N) is 2. The number of hydrogen-bond acceptors (Lipinski definition) is 3. The lowest BCUT2D eigenvalue weighted by Crippen LogP contribution is -2.52. The number of aliphatic hydroxyl groups excluding tert-OH is 1. The first-order chi connectivity index (χ1) is 9.11. The smallest absolute Gasteiger partial charge is 0.247 e. The third-order valence-corrected chi connectivity index (χ3v) is 3.26. The van der Waals surface area contributed by atoms with Crippen LogP contribution in [0, 0.1) is 0 Å². The molecule has 1 aliphatic heterocycles. The van der Waals surface area contributed by atoms with Gasteiger partial charge in [-0.15, -0.1) is 0 Å². The Hall–Kier alpha value is -1.88. The Morgan fingerprint density at radius 3 is 2.42 bits per heavy atom. The van der Waals surface area contributed by atoms with Crippen molar-refractivity contribution in [2.24, 2.45) is 0 Å². The van der Waals surface area contributed by atoms with Crippen LogP contribution in [0.15, 0.2) is 24.3 Å². The molecule has 0 atom stereocenters. The lowest BCUT2D eigenvalue weighted by molar-refractivity contribution is -0.136. The largest absolute Gasteiger partial charge is 0.396 e. The molecule has 2 rings (SSSR count). The second kappa shape index (κ2) is 5.84. The van der Waals surface area contributed by atoms with Crippen LogP contribution in [0.4, 0.5) is 5.69 Å². The van der Waals surface area contributed by atoms with Gasteiger partial charge in [-0.1, -0.05) is 12.1 Å². The highest BCUT2D eigenvalue weighted by Gasteiger charge is 2.28. The molecule has 102 valence electrons. The van der Waals surface area contributed by atoms with Crippen LogP contribution in [-0.4, -0.2) is 48.6 Å². The molecule has 1 aromatic carbocycles. The first-order valence-electron chi connectivity index (χ1n) is 6.36. The van der Waals surface area contributed by atoms with Crippen LogP contribution in [0.5, 0.6) is 0 Å². The molecule has 1 aromatic rings. The maximum absolute atomic E-state index is 11.9. The molecule has 0 saturated carbocycles. The number of benzene rings is 1. The Kier molecular flexibility index (Phi) is 4.16. The van der Waals surface area contributed by atoms with Crippen molar-refractivity contribution in [1.29, 1.82) is 0 Å². The summed E-state index contributed by atoms with van der Waals surface area (Å²) in [4.78, 5) is 26.5. The first-order valence-corrected chi connectivity index (χ1v) is 6.36. The van der Waals surface area contributed by atoms with Crippen LogP contribution in [-0.2, 0) is 16.0 Å². The zero-order chi connectivity index (χ0) is 13.8. The Morgan fingerprint density at radius 2 is 1.79 bits per heavy atom. The van der Waals surface area contributed by atoms with E-state index in [0.717, 1.165) is 24.1 Å². The molecule has 1 N–H and O–H groups in total. The molecule has 0 spiro atoms. The van der Waals surface area contributed by atoms with Crippen LogP contribution >= 0.6 is 0 Å². The second-order valence-electron chi connectivity index (χ2n) is 4.72. The van der Waals surface area contributed by atoms with Gasteiger partial charge in [0.05, 0.1) is 6.54 Å². The Morgan fingerprint density at radius 1 is 1.11 bits per heavy atom. The highest BCUT2D eigenvalue weighted by molar-refractivity contribution is 6.04. The summed E-state index contributed by atoms with van der Waals surface area (Å²) in [5.41, 5.74) is 1.87. The van der Waals surface area contributed by atoms with Crippen LogP contribution in [0.25, 0.3) is 0 Å². The van der Waals surface area contributed by atoms with Gasteiger partial charge in [-0.2, -0.15) is 0 Å². The molecule has 0 aromatic heterocycles. The van der Waals surface area contributed by atoms with Crippen LogP contribution in [0.2, 0.25) is 0 Å². The summed E-state index contributed by atoms with van der Waals surface area (Å²) in [6, 6.07) is 7.56. The summed E-state index contributed by atoms with van der Waals surface area (Å²) in [5.74, 6) is -0.117. The molecule has 1 saturated heterocycles. The molecular formula is C14H18N2O3. The summed E-state index contributed by atoms with van der Waals surface area (Å²) in [5, 5.41) is 8.78. The van der Waals surface area contributed by atoms with E-state index in [4.69, 9.17) is 5.11 Å². The van der Waals surface area contributed by atoms with Crippen LogP contribution < -0.4 is 4.90 Å². The van der Waals surface area contributed by atoms with Crippen molar-refractivity contribution < 1.29 is 14.7 Å². The number of aryl methyl sites for hydroxylation is 1. The number of amides is 2. The molecule has 0 radical (unpaired) electrons. The number of hydrogen-bond donors (Lipinski definition) is 1. The van der Waals surface area contributed by atoms with Crippen LogP contribution in [0.3, 0.4) is 0 Å². The lowest BCUT2D eigenvalue weighted by atomic mass is 10.1. The highest BCUT2D eigenvalue weighted by Crippen LogP contribution is 2.18. The predicted molar refractivity (Wildman–Crippen MR) is 71.8 cm³/mol. The van der Waals surface area contributed by atoms with Crippen molar-refractivity contribution in [1.82, 2.24) is 4.90 Å². The fourth-order valence-corrected chi connectivity index (χ4v) is 2.08. The van der Waals surface area contributed by atoms with Crippen molar-refractivity contribution in [2.45, 2.75) is 12.8 Å². The molecule has 1 heterocycles. The maximum atomic E-state index is 11.9. The van der Waals surface area contributed by atoms with Gasteiger partial charge in [0.2, 0.25) is 11.8 Å². The lowest BCUT2D eigenvalue weighted by Gasteiger charge is -2.31. The minimum absolute atomic E-state index is 0.0519. The number of rotatable bonds is 4. The van der Waals surface area contributed by atoms with Crippen LogP contribution in [0.1, 0.15) is 12.0 Å². The van der Waals surface area contributed by atoms with Gasteiger partial charge in [0.15, 0.2) is 0 Å². The van der Waals surface area contributed by atoms with Crippen molar-refractivity contribution in [3.05, 3.63) is 29.8 Å². The number of aliphatic hydroxyl groups is 1. The second-order valence-corrected chi connectivity index (χ2v) is 4.72. The average Bonchev–Trinajstić information content (AvgIpc) is 2.41. The van der Waals surface area contributed by atoms with Crippen molar-refractivity contribution >= 4 is 17.5 Å². The molecule has 2 amide bonds. The molecular weight excluding hydrogens is 244 g/mol. The Balaban J connectivity index is 2.09. The van der Waals surface area contributed by atoms with Gasteiger partial charge in [-0.3, -0.25) is 9.59 Å². The molecule has 0 unspecified atom stereocenters. The maximum Gasteiger partial charge on any atom is 0.247 e. The number of carbonyl (C=O) groups excluding carboxylic acids is 2. The van der Waals surface area contributed by atoms with Crippen molar-refractivity contribution in [3.63, 3.8) is 0 Å². The summed E-state index contributed by atoms with van der Waals surface area (Å²) < 4.78 is 0. The predicted octanol–water partition coefficient (Wildman–Crippen LogP) is 0.416. The highest BCUT2D eigenvalue weighted by atomic mass is 16.3. The average molecular weight is 262 g/mol. The molecule has 5 nitrogen and oxygen atoms in total. The van der Waals surface area contributed by atoms with Crippen molar-refractivity contribution in [3.8, 4) is 0 Å². The summed E-state index contributed by atoms with van der Waals surface area (Å²) in [6.07, 6.45) is 1.54. The summed E-state index contributed by atoms with van der Waals surface area (Å²) >= 11 is 0. The minimum atomic E-state index is -0.0646. The molecule has 0 bridgehead atoms.